The number of aliphatic hydroxyl groups excluding tert-OH is 1. The molecule has 0 spiro atoms. The fourth-order valence-electron chi connectivity index (χ4n) is 7.03. The summed E-state index contributed by atoms with van der Waals surface area (Å²) >= 11 is 0. The van der Waals surface area contributed by atoms with Crippen LogP contribution in [0, 0.1) is 0 Å². The summed E-state index contributed by atoms with van der Waals surface area (Å²) in [4.78, 5) is 18.2. The molecule has 7 heteroatoms. The smallest absolute Gasteiger partial charge is 0.349 e. The molecule has 6 aromatic carbocycles. The van der Waals surface area contributed by atoms with Gasteiger partial charge in [-0.05, 0) is 51.6 Å². The SMILES string of the molecule is COc1ccc(C(Nc2ccn(CC(O)COC(c3ccccc3)(c3ccccc3)c3ccccc3)c(=O)n2)(c2ccccc2)c2ccccc2)cc1. The van der Waals surface area contributed by atoms with Gasteiger partial charge in [-0.1, -0.05) is 164 Å². The molecule has 0 aliphatic carbocycles. The summed E-state index contributed by atoms with van der Waals surface area (Å²) in [7, 11) is 1.64. The van der Waals surface area contributed by atoms with Crippen LogP contribution in [0.25, 0.3) is 0 Å². The van der Waals surface area contributed by atoms with Gasteiger partial charge in [0.15, 0.2) is 0 Å². The minimum atomic E-state index is -1.02. The maximum atomic E-state index is 13.7. The molecule has 1 aromatic heterocycles. The predicted molar refractivity (Wildman–Crippen MR) is 209 cm³/mol. The molecule has 1 unspecified atom stereocenters. The molecule has 0 saturated heterocycles. The predicted octanol–water partition coefficient (Wildman–Crippen LogP) is 8.03. The van der Waals surface area contributed by atoms with Crippen LogP contribution in [0.1, 0.15) is 33.4 Å². The monoisotopic (exact) mass is 699 g/mol. The molecule has 0 aliphatic rings. The zero-order valence-corrected chi connectivity index (χ0v) is 29.5. The Balaban J connectivity index is 1.19. The molecule has 0 aliphatic heterocycles. The van der Waals surface area contributed by atoms with Crippen LogP contribution in [0.2, 0.25) is 0 Å². The lowest BCUT2D eigenvalue weighted by atomic mass is 9.77. The summed E-state index contributed by atoms with van der Waals surface area (Å²) in [5.41, 5.74) is 3.25. The van der Waals surface area contributed by atoms with Gasteiger partial charge in [0.1, 0.15) is 22.7 Å². The second kappa shape index (κ2) is 15.9. The highest BCUT2D eigenvalue weighted by atomic mass is 16.5. The normalized spacial score (nSPS) is 12.2. The van der Waals surface area contributed by atoms with E-state index >= 15 is 0 Å². The molecular formula is C46H41N3O4. The van der Waals surface area contributed by atoms with E-state index in [-0.39, 0.29) is 13.2 Å². The van der Waals surface area contributed by atoms with E-state index in [2.05, 4.69) is 34.6 Å². The second-order valence-electron chi connectivity index (χ2n) is 12.8. The lowest BCUT2D eigenvalue weighted by Crippen LogP contribution is -2.40. The zero-order chi connectivity index (χ0) is 36.5. The minimum absolute atomic E-state index is 0.0123. The number of aromatic nitrogens is 2. The molecule has 0 radical (unpaired) electrons. The number of aliphatic hydroxyl groups is 1. The fourth-order valence-corrected chi connectivity index (χ4v) is 7.03. The van der Waals surface area contributed by atoms with Gasteiger partial charge in [-0.15, -0.1) is 0 Å². The maximum Gasteiger partial charge on any atom is 0.349 e. The summed E-state index contributed by atoms with van der Waals surface area (Å²) in [6, 6.07) is 59.8. The number of methoxy groups -OCH3 is 1. The van der Waals surface area contributed by atoms with Gasteiger partial charge < -0.3 is 19.9 Å². The van der Waals surface area contributed by atoms with Gasteiger partial charge in [0.2, 0.25) is 0 Å². The number of hydrogen-bond acceptors (Lipinski definition) is 6. The van der Waals surface area contributed by atoms with Crippen LogP contribution in [-0.2, 0) is 22.4 Å². The molecular weight excluding hydrogens is 659 g/mol. The summed E-state index contributed by atoms with van der Waals surface area (Å²) < 4.78 is 13.7. The first-order valence-corrected chi connectivity index (χ1v) is 17.6. The highest BCUT2D eigenvalue weighted by Gasteiger charge is 2.39. The number of rotatable bonds is 14. The molecule has 264 valence electrons. The van der Waals surface area contributed by atoms with E-state index in [0.717, 1.165) is 39.1 Å². The van der Waals surface area contributed by atoms with Gasteiger partial charge in [-0.3, -0.25) is 4.57 Å². The van der Waals surface area contributed by atoms with Crippen molar-refractivity contribution < 1.29 is 14.6 Å². The van der Waals surface area contributed by atoms with E-state index in [1.165, 1.54) is 4.57 Å². The van der Waals surface area contributed by atoms with E-state index in [9.17, 15) is 9.90 Å². The molecule has 53 heavy (non-hydrogen) atoms. The summed E-state index contributed by atoms with van der Waals surface area (Å²) in [5.74, 6) is 1.12. The molecule has 7 nitrogen and oxygen atoms in total. The van der Waals surface area contributed by atoms with Crippen molar-refractivity contribution in [3.63, 3.8) is 0 Å². The van der Waals surface area contributed by atoms with Crippen molar-refractivity contribution in [2.45, 2.75) is 23.8 Å². The van der Waals surface area contributed by atoms with Crippen LogP contribution < -0.4 is 15.7 Å². The molecule has 0 bridgehead atoms. The lowest BCUT2D eigenvalue weighted by molar-refractivity contribution is -0.0426. The molecule has 0 saturated carbocycles. The van der Waals surface area contributed by atoms with Gasteiger partial charge in [-0.25, -0.2) is 4.79 Å². The summed E-state index contributed by atoms with van der Waals surface area (Å²) in [5, 5.41) is 15.1. The van der Waals surface area contributed by atoms with Crippen molar-refractivity contribution in [1.82, 2.24) is 9.55 Å². The Morgan fingerprint density at radius 1 is 0.604 bits per heavy atom. The Kier molecular flexibility index (Phi) is 10.6. The van der Waals surface area contributed by atoms with Gasteiger partial charge in [-0.2, -0.15) is 4.98 Å². The van der Waals surface area contributed by atoms with Crippen molar-refractivity contribution in [3.05, 3.63) is 232 Å². The third kappa shape index (κ3) is 7.26. The van der Waals surface area contributed by atoms with E-state index < -0.39 is 22.9 Å². The van der Waals surface area contributed by atoms with Gasteiger partial charge in [0.05, 0.1) is 26.4 Å². The Labute approximate surface area is 309 Å². The van der Waals surface area contributed by atoms with E-state index in [4.69, 9.17) is 9.47 Å². The van der Waals surface area contributed by atoms with Crippen LogP contribution in [-0.4, -0.2) is 34.5 Å². The summed E-state index contributed by atoms with van der Waals surface area (Å²) in [6.45, 7) is -0.0602. The van der Waals surface area contributed by atoms with Crippen molar-refractivity contribution in [2.24, 2.45) is 0 Å². The topological polar surface area (TPSA) is 85.6 Å². The number of anilines is 1. The Hall–Kier alpha value is -6.28. The Morgan fingerprint density at radius 3 is 1.43 bits per heavy atom. The highest BCUT2D eigenvalue weighted by molar-refractivity contribution is 5.58. The van der Waals surface area contributed by atoms with E-state index in [1.54, 1.807) is 19.4 Å². The van der Waals surface area contributed by atoms with Gasteiger partial charge in [0.25, 0.3) is 0 Å². The van der Waals surface area contributed by atoms with Crippen LogP contribution in [0.4, 0.5) is 5.82 Å². The van der Waals surface area contributed by atoms with Crippen LogP contribution in [0.3, 0.4) is 0 Å². The Bertz CT molecular complexity index is 2110. The quantitative estimate of drug-likeness (QED) is 0.112. The fraction of sp³-hybridized carbons (Fsp3) is 0.130. The molecule has 1 atom stereocenters. The standard InChI is InChI=1S/C46H41N3O4/c1-52-42-29-27-37(28-30-42)45(35-17-7-2-8-18-35,36-19-9-3-10-20-36)48-43-31-32-49(44(51)47-43)33-41(50)34-53-46(38-21-11-4-12-22-38,39-23-13-5-14-24-39)40-25-15-6-16-26-40/h2-32,41,50H,33-34H2,1H3,(H,47,48,51). The first-order valence-electron chi connectivity index (χ1n) is 17.6. The van der Waals surface area contributed by atoms with Gasteiger partial charge >= 0.3 is 5.69 Å². The first kappa shape index (κ1) is 35.1. The Morgan fingerprint density at radius 2 is 1.02 bits per heavy atom. The lowest BCUT2D eigenvalue weighted by Gasteiger charge is -2.37. The molecule has 0 fully saturated rings. The van der Waals surface area contributed by atoms with Crippen LogP contribution in [0.15, 0.2) is 193 Å². The van der Waals surface area contributed by atoms with Crippen molar-refractivity contribution in [3.8, 4) is 5.75 Å². The molecule has 7 aromatic rings. The first-order chi connectivity index (χ1) is 26.0. The molecule has 0 amide bonds. The van der Waals surface area contributed by atoms with Crippen LogP contribution >= 0.6 is 0 Å². The zero-order valence-electron chi connectivity index (χ0n) is 29.5. The largest absolute Gasteiger partial charge is 0.497 e. The van der Waals surface area contributed by atoms with Crippen molar-refractivity contribution in [1.29, 1.82) is 0 Å². The van der Waals surface area contributed by atoms with Gasteiger partial charge in [0, 0.05) is 6.20 Å². The number of ether oxygens (including phenoxy) is 2. The average molecular weight is 700 g/mol. The van der Waals surface area contributed by atoms with E-state index in [1.807, 2.05) is 152 Å². The van der Waals surface area contributed by atoms with Crippen LogP contribution in [0.5, 0.6) is 5.75 Å². The van der Waals surface area contributed by atoms with Crippen molar-refractivity contribution >= 4 is 5.82 Å². The van der Waals surface area contributed by atoms with Crippen molar-refractivity contribution in [2.75, 3.05) is 19.0 Å². The number of benzene rings is 6. The summed E-state index contributed by atoms with van der Waals surface area (Å²) in [6.07, 6.45) is 0.643. The minimum Gasteiger partial charge on any atom is -0.497 e. The third-order valence-electron chi connectivity index (χ3n) is 9.57. The molecule has 1 heterocycles. The number of nitrogens with zero attached hydrogens (tertiary/aromatic N) is 2. The average Bonchev–Trinajstić information content (AvgIpc) is 3.23. The van der Waals surface area contributed by atoms with E-state index in [0.29, 0.717) is 5.82 Å². The maximum absolute atomic E-state index is 13.7. The number of nitrogens with one attached hydrogen (secondary N) is 1. The highest BCUT2D eigenvalue weighted by Crippen LogP contribution is 2.41. The number of hydrogen-bond donors (Lipinski definition) is 2. The second-order valence-corrected chi connectivity index (χ2v) is 12.8. The molecule has 7 rings (SSSR count). The third-order valence-corrected chi connectivity index (χ3v) is 9.57. The molecule has 2 N–H and O–H groups in total.